The summed E-state index contributed by atoms with van der Waals surface area (Å²) in [7, 11) is 0. The zero-order valence-electron chi connectivity index (χ0n) is 13.7. The van der Waals surface area contributed by atoms with Crippen molar-refractivity contribution in [2.24, 2.45) is 5.92 Å². The second kappa shape index (κ2) is 8.38. The van der Waals surface area contributed by atoms with Crippen LogP contribution in [-0.4, -0.2) is 34.7 Å². The van der Waals surface area contributed by atoms with Crippen LogP contribution in [0.4, 0.5) is 0 Å². The Balaban J connectivity index is 2.01. The molecule has 0 aromatic rings. The van der Waals surface area contributed by atoms with Crippen LogP contribution in [0, 0.1) is 5.92 Å². The van der Waals surface area contributed by atoms with Crippen LogP contribution in [0.1, 0.15) is 84.5 Å². The van der Waals surface area contributed by atoms with Crippen molar-refractivity contribution in [1.29, 1.82) is 0 Å². The fraction of sp³-hybridized carbons (Fsp3) is 1.00. The van der Waals surface area contributed by atoms with Gasteiger partial charge in [-0.05, 0) is 44.6 Å². The Bertz CT molecular complexity index is 260. The van der Waals surface area contributed by atoms with E-state index < -0.39 is 0 Å². The predicted molar refractivity (Wildman–Crippen MR) is 85.9 cm³/mol. The highest BCUT2D eigenvalue weighted by Crippen LogP contribution is 2.30. The third kappa shape index (κ3) is 4.73. The van der Waals surface area contributed by atoms with Crippen molar-refractivity contribution in [3.05, 3.63) is 0 Å². The van der Waals surface area contributed by atoms with Crippen molar-refractivity contribution >= 4 is 0 Å². The number of aliphatic hydroxyl groups excluding tert-OH is 1. The number of rotatable bonds is 5. The Kier molecular flexibility index (Phi) is 6.83. The van der Waals surface area contributed by atoms with Gasteiger partial charge >= 0.3 is 0 Å². The summed E-state index contributed by atoms with van der Waals surface area (Å²) in [6.07, 6.45) is 14.2. The molecule has 2 heteroatoms. The summed E-state index contributed by atoms with van der Waals surface area (Å²) in [5, 5.41) is 10.6. The molecule has 2 aliphatic rings. The predicted octanol–water partition coefficient (Wildman–Crippen LogP) is 4.36. The minimum Gasteiger partial charge on any atom is -0.391 e. The quantitative estimate of drug-likeness (QED) is 0.809. The summed E-state index contributed by atoms with van der Waals surface area (Å²) in [5.41, 5.74) is 0. The minimum absolute atomic E-state index is 0.0805. The monoisotopic (exact) mass is 281 g/mol. The summed E-state index contributed by atoms with van der Waals surface area (Å²) in [6, 6.07) is 1.20. The lowest BCUT2D eigenvalue weighted by atomic mass is 9.91. The Hall–Kier alpha value is -0.0800. The number of hydrogen-bond acceptors (Lipinski definition) is 2. The van der Waals surface area contributed by atoms with Gasteiger partial charge in [0, 0.05) is 12.1 Å². The number of nitrogens with zero attached hydrogens (tertiary/aromatic N) is 1. The van der Waals surface area contributed by atoms with E-state index >= 15 is 0 Å². The highest BCUT2D eigenvalue weighted by Gasteiger charge is 2.32. The van der Waals surface area contributed by atoms with Gasteiger partial charge in [-0.15, -0.1) is 0 Å². The van der Waals surface area contributed by atoms with Gasteiger partial charge in [0.1, 0.15) is 0 Å². The molecule has 2 atom stereocenters. The molecule has 2 aliphatic carbocycles. The molecular weight excluding hydrogens is 246 g/mol. The van der Waals surface area contributed by atoms with Crippen LogP contribution in [0.2, 0.25) is 0 Å². The smallest absolute Gasteiger partial charge is 0.0695 e. The van der Waals surface area contributed by atoms with Gasteiger partial charge in [0.2, 0.25) is 0 Å². The summed E-state index contributed by atoms with van der Waals surface area (Å²) in [6.45, 7) is 5.84. The van der Waals surface area contributed by atoms with Gasteiger partial charge in [0.25, 0.3) is 0 Å². The van der Waals surface area contributed by atoms with Gasteiger partial charge in [-0.3, -0.25) is 4.90 Å². The molecule has 0 aromatic heterocycles. The highest BCUT2D eigenvalue weighted by atomic mass is 16.3. The average molecular weight is 281 g/mol. The summed E-state index contributed by atoms with van der Waals surface area (Å²) in [4.78, 5) is 2.73. The van der Waals surface area contributed by atoms with E-state index in [4.69, 9.17) is 0 Å². The minimum atomic E-state index is -0.0805. The summed E-state index contributed by atoms with van der Waals surface area (Å²) >= 11 is 0. The highest BCUT2D eigenvalue weighted by molar-refractivity contribution is 4.87. The normalized spacial score (nSPS) is 29.9. The Morgan fingerprint density at radius 1 is 0.900 bits per heavy atom. The molecule has 0 bridgehead atoms. The second-order valence-corrected chi connectivity index (χ2v) is 7.48. The van der Waals surface area contributed by atoms with Crippen LogP contribution < -0.4 is 0 Å². The molecule has 0 aromatic carbocycles. The van der Waals surface area contributed by atoms with Gasteiger partial charge in [-0.25, -0.2) is 0 Å². The Morgan fingerprint density at radius 3 is 2.15 bits per heavy atom. The van der Waals surface area contributed by atoms with Gasteiger partial charge in [-0.1, -0.05) is 52.4 Å². The molecule has 2 nitrogen and oxygen atoms in total. The van der Waals surface area contributed by atoms with E-state index in [0.29, 0.717) is 6.04 Å². The summed E-state index contributed by atoms with van der Waals surface area (Å²) in [5.74, 6) is 0.768. The molecular formula is C18H35NO. The maximum absolute atomic E-state index is 10.6. The van der Waals surface area contributed by atoms with Gasteiger partial charge in [0.05, 0.1) is 6.10 Å². The van der Waals surface area contributed by atoms with E-state index in [0.717, 1.165) is 18.4 Å². The SMILES string of the molecule is CC(C)CCN(C1CCCC1)C1CCCCCCC1O. The van der Waals surface area contributed by atoms with E-state index in [1.165, 1.54) is 70.8 Å². The maximum Gasteiger partial charge on any atom is 0.0695 e. The van der Waals surface area contributed by atoms with Crippen molar-refractivity contribution in [3.8, 4) is 0 Å². The van der Waals surface area contributed by atoms with Crippen LogP contribution in [-0.2, 0) is 0 Å². The molecule has 0 amide bonds. The first-order chi connectivity index (χ1) is 9.68. The molecule has 0 spiro atoms. The topological polar surface area (TPSA) is 23.5 Å². The van der Waals surface area contributed by atoms with Crippen LogP contribution >= 0.6 is 0 Å². The first kappa shape index (κ1) is 16.3. The van der Waals surface area contributed by atoms with Crippen LogP contribution in [0.3, 0.4) is 0 Å². The molecule has 2 unspecified atom stereocenters. The molecule has 2 fully saturated rings. The molecule has 0 saturated heterocycles. The van der Waals surface area contributed by atoms with Gasteiger partial charge in [0.15, 0.2) is 0 Å². The maximum atomic E-state index is 10.6. The van der Waals surface area contributed by atoms with Crippen molar-refractivity contribution in [3.63, 3.8) is 0 Å². The average Bonchev–Trinajstić information content (AvgIpc) is 2.91. The molecule has 0 radical (unpaired) electrons. The van der Waals surface area contributed by atoms with Crippen molar-refractivity contribution in [2.45, 2.75) is 103 Å². The van der Waals surface area contributed by atoms with Crippen LogP contribution in [0.5, 0.6) is 0 Å². The molecule has 2 rings (SSSR count). The first-order valence-corrected chi connectivity index (χ1v) is 9.12. The van der Waals surface area contributed by atoms with E-state index in [-0.39, 0.29) is 6.10 Å². The van der Waals surface area contributed by atoms with E-state index in [9.17, 15) is 5.11 Å². The van der Waals surface area contributed by atoms with Gasteiger partial charge < -0.3 is 5.11 Å². The van der Waals surface area contributed by atoms with Crippen molar-refractivity contribution < 1.29 is 5.11 Å². The van der Waals surface area contributed by atoms with Crippen molar-refractivity contribution in [1.82, 2.24) is 4.90 Å². The van der Waals surface area contributed by atoms with Crippen LogP contribution in [0.15, 0.2) is 0 Å². The fourth-order valence-electron chi connectivity index (χ4n) is 4.09. The lowest BCUT2D eigenvalue weighted by Gasteiger charge is -2.40. The van der Waals surface area contributed by atoms with E-state index in [1.54, 1.807) is 0 Å². The molecule has 0 aliphatic heterocycles. The Labute approximate surface area is 125 Å². The van der Waals surface area contributed by atoms with Gasteiger partial charge in [-0.2, -0.15) is 0 Å². The lowest BCUT2D eigenvalue weighted by molar-refractivity contribution is 0.00714. The van der Waals surface area contributed by atoms with Crippen molar-refractivity contribution in [2.75, 3.05) is 6.54 Å². The summed E-state index contributed by atoms with van der Waals surface area (Å²) < 4.78 is 0. The molecule has 0 heterocycles. The number of aliphatic hydroxyl groups is 1. The second-order valence-electron chi connectivity index (χ2n) is 7.48. The zero-order valence-corrected chi connectivity index (χ0v) is 13.7. The first-order valence-electron chi connectivity index (χ1n) is 9.12. The molecule has 20 heavy (non-hydrogen) atoms. The Morgan fingerprint density at radius 2 is 1.50 bits per heavy atom. The third-order valence-corrected chi connectivity index (χ3v) is 5.38. The molecule has 2 saturated carbocycles. The third-order valence-electron chi connectivity index (χ3n) is 5.38. The van der Waals surface area contributed by atoms with Crippen LogP contribution in [0.25, 0.3) is 0 Å². The number of hydrogen-bond donors (Lipinski definition) is 1. The standard InChI is InChI=1S/C18H35NO/c1-15(2)13-14-19(16-9-7-8-10-16)17-11-5-3-4-6-12-18(17)20/h15-18,20H,3-14H2,1-2H3. The van der Waals surface area contributed by atoms with E-state index in [1.807, 2.05) is 0 Å². The zero-order chi connectivity index (χ0) is 14.4. The van der Waals surface area contributed by atoms with E-state index in [2.05, 4.69) is 18.7 Å². The fourth-order valence-corrected chi connectivity index (χ4v) is 4.09. The molecule has 1 N–H and O–H groups in total. The lowest BCUT2D eigenvalue weighted by Crippen LogP contribution is -2.49. The molecule has 118 valence electrons. The largest absolute Gasteiger partial charge is 0.391 e.